The van der Waals surface area contributed by atoms with Gasteiger partial charge in [0.1, 0.15) is 0 Å². The maximum absolute atomic E-state index is 14.3. The van der Waals surface area contributed by atoms with Crippen LogP contribution in [0.1, 0.15) is 11.1 Å². The van der Waals surface area contributed by atoms with Crippen molar-refractivity contribution in [3.05, 3.63) is 59.7 Å². The second kappa shape index (κ2) is 10.4. The molecule has 2 aromatic rings. The van der Waals surface area contributed by atoms with E-state index in [9.17, 15) is 4.57 Å². The summed E-state index contributed by atoms with van der Waals surface area (Å²) < 4.78 is 36.8. The van der Waals surface area contributed by atoms with Gasteiger partial charge in [-0.15, -0.1) is 0 Å². The molecule has 1 heterocycles. The summed E-state index contributed by atoms with van der Waals surface area (Å²) in [6, 6.07) is 16.0. The highest BCUT2D eigenvalue weighted by atomic mass is 31.2. The zero-order chi connectivity index (χ0) is 21.6. The fraction of sp³-hybridized carbons (Fsp3) is 0.455. The lowest BCUT2D eigenvalue weighted by atomic mass is 10.2. The number of benzene rings is 2. The fourth-order valence-corrected chi connectivity index (χ4v) is 5.78. The standard InChI is InChI=1S/C22H32N3O4P/c1-23(2)30(26)24(3)21-9-5-7-19(15-21)17-28-13-11-27-12-14-29-18-20-8-6-10-22(16-20)25(30)4/h5-10,15-16H,11-14,17-18H2,1-4H3. The van der Waals surface area contributed by atoms with Crippen molar-refractivity contribution in [1.29, 1.82) is 0 Å². The predicted octanol–water partition coefficient (Wildman–Crippen LogP) is 3.99. The molecular weight excluding hydrogens is 401 g/mol. The Labute approximate surface area is 179 Å². The van der Waals surface area contributed by atoms with Gasteiger partial charge in [-0.2, -0.15) is 0 Å². The van der Waals surface area contributed by atoms with Gasteiger partial charge in [0.2, 0.25) is 0 Å². The maximum Gasteiger partial charge on any atom is 0.334 e. The third-order valence-electron chi connectivity index (χ3n) is 5.15. The van der Waals surface area contributed by atoms with Crippen molar-refractivity contribution in [3.63, 3.8) is 0 Å². The zero-order valence-corrected chi connectivity index (χ0v) is 19.2. The summed E-state index contributed by atoms with van der Waals surface area (Å²) in [4.78, 5) is 0. The van der Waals surface area contributed by atoms with Crippen LogP contribution in [0.5, 0.6) is 0 Å². The van der Waals surface area contributed by atoms with Gasteiger partial charge in [-0.05, 0) is 49.5 Å². The summed E-state index contributed by atoms with van der Waals surface area (Å²) in [6.45, 7) is 3.04. The molecule has 0 saturated heterocycles. The van der Waals surface area contributed by atoms with Crippen molar-refractivity contribution in [2.45, 2.75) is 13.2 Å². The Morgan fingerprint density at radius 2 is 1.20 bits per heavy atom. The molecule has 0 aliphatic carbocycles. The first-order valence-electron chi connectivity index (χ1n) is 10.1. The zero-order valence-electron chi connectivity index (χ0n) is 18.3. The lowest BCUT2D eigenvalue weighted by Crippen LogP contribution is -2.34. The molecule has 3 rings (SSSR count). The summed E-state index contributed by atoms with van der Waals surface area (Å²) in [5.41, 5.74) is 3.80. The summed E-state index contributed by atoms with van der Waals surface area (Å²) in [5.74, 6) is 0. The molecule has 8 heteroatoms. The molecule has 2 aromatic carbocycles. The van der Waals surface area contributed by atoms with Gasteiger partial charge in [0.15, 0.2) is 0 Å². The first kappa shape index (κ1) is 22.8. The summed E-state index contributed by atoms with van der Waals surface area (Å²) in [7, 11) is 4.33. The maximum atomic E-state index is 14.3. The number of hydrogen-bond acceptors (Lipinski definition) is 4. The molecule has 0 amide bonds. The van der Waals surface area contributed by atoms with Crippen molar-refractivity contribution in [2.75, 3.05) is 64.0 Å². The first-order chi connectivity index (χ1) is 14.4. The van der Waals surface area contributed by atoms with E-state index in [0.717, 1.165) is 22.5 Å². The van der Waals surface area contributed by atoms with Crippen molar-refractivity contribution in [3.8, 4) is 0 Å². The van der Waals surface area contributed by atoms with E-state index < -0.39 is 7.59 Å². The number of fused-ring (bicyclic) bond motifs is 4. The number of ether oxygens (including phenoxy) is 3. The Morgan fingerprint density at radius 1 is 0.767 bits per heavy atom. The topological polar surface area (TPSA) is 54.5 Å². The van der Waals surface area contributed by atoms with Gasteiger partial charge in [-0.1, -0.05) is 24.3 Å². The monoisotopic (exact) mass is 433 g/mol. The van der Waals surface area contributed by atoms with Gasteiger partial charge in [0.05, 0.1) is 39.6 Å². The highest BCUT2D eigenvalue weighted by molar-refractivity contribution is 7.64. The largest absolute Gasteiger partial charge is 0.377 e. The Kier molecular flexibility index (Phi) is 7.92. The number of nitrogens with zero attached hydrogens (tertiary/aromatic N) is 3. The molecule has 30 heavy (non-hydrogen) atoms. The molecule has 0 saturated carbocycles. The smallest absolute Gasteiger partial charge is 0.334 e. The van der Waals surface area contributed by atoms with Crippen LogP contribution in [0.3, 0.4) is 0 Å². The van der Waals surface area contributed by atoms with Crippen LogP contribution in [0.2, 0.25) is 0 Å². The predicted molar refractivity (Wildman–Crippen MR) is 121 cm³/mol. The molecule has 0 atom stereocenters. The fourth-order valence-electron chi connectivity index (χ4n) is 3.45. The Balaban J connectivity index is 1.98. The quantitative estimate of drug-likeness (QED) is 0.631. The average Bonchev–Trinajstić information content (AvgIpc) is 2.76. The van der Waals surface area contributed by atoms with Crippen molar-refractivity contribution in [1.82, 2.24) is 4.67 Å². The van der Waals surface area contributed by atoms with E-state index in [4.69, 9.17) is 14.2 Å². The van der Waals surface area contributed by atoms with E-state index in [1.54, 1.807) is 4.67 Å². The van der Waals surface area contributed by atoms with Crippen LogP contribution in [0, 0.1) is 0 Å². The highest BCUT2D eigenvalue weighted by Crippen LogP contribution is 2.56. The molecule has 164 valence electrons. The normalized spacial score (nSPS) is 18.7. The minimum absolute atomic E-state index is 0.478. The lowest BCUT2D eigenvalue weighted by Gasteiger charge is -2.41. The Bertz CT molecular complexity index is 813. The second-order valence-electron chi connectivity index (χ2n) is 7.47. The minimum Gasteiger partial charge on any atom is -0.377 e. The minimum atomic E-state index is -3.10. The van der Waals surface area contributed by atoms with E-state index in [1.807, 2.05) is 86.1 Å². The molecule has 0 unspecified atom stereocenters. The summed E-state index contributed by atoms with van der Waals surface area (Å²) in [5, 5.41) is 0. The van der Waals surface area contributed by atoms with Gasteiger partial charge in [0, 0.05) is 25.5 Å². The van der Waals surface area contributed by atoms with Gasteiger partial charge >= 0.3 is 7.59 Å². The van der Waals surface area contributed by atoms with Crippen LogP contribution >= 0.6 is 7.59 Å². The van der Waals surface area contributed by atoms with E-state index in [2.05, 4.69) is 0 Å². The Morgan fingerprint density at radius 3 is 1.63 bits per heavy atom. The third kappa shape index (κ3) is 5.23. The highest BCUT2D eigenvalue weighted by Gasteiger charge is 2.36. The van der Waals surface area contributed by atoms with Crippen molar-refractivity contribution in [2.24, 2.45) is 0 Å². The van der Waals surface area contributed by atoms with Crippen molar-refractivity contribution >= 4 is 19.0 Å². The van der Waals surface area contributed by atoms with Gasteiger partial charge < -0.3 is 14.2 Å². The van der Waals surface area contributed by atoms with E-state index in [-0.39, 0.29) is 0 Å². The van der Waals surface area contributed by atoms with Gasteiger partial charge in [0.25, 0.3) is 0 Å². The van der Waals surface area contributed by atoms with Crippen LogP contribution in [0.25, 0.3) is 0 Å². The van der Waals surface area contributed by atoms with Crippen LogP contribution in [0.15, 0.2) is 48.5 Å². The van der Waals surface area contributed by atoms with E-state index >= 15 is 0 Å². The van der Waals surface area contributed by atoms with Gasteiger partial charge in [-0.25, -0.2) is 4.67 Å². The first-order valence-corrected chi connectivity index (χ1v) is 11.7. The van der Waals surface area contributed by atoms with E-state index in [1.165, 1.54) is 0 Å². The number of anilines is 2. The lowest BCUT2D eigenvalue weighted by molar-refractivity contribution is 0.00705. The molecular formula is C22H32N3O4P. The molecule has 7 nitrogen and oxygen atoms in total. The number of rotatable bonds is 1. The third-order valence-corrected chi connectivity index (χ3v) is 8.22. The molecule has 1 aliphatic rings. The average molecular weight is 433 g/mol. The van der Waals surface area contributed by atoms with Crippen LogP contribution < -0.4 is 9.34 Å². The molecule has 4 bridgehead atoms. The molecule has 0 spiro atoms. The second-order valence-corrected chi connectivity index (χ2v) is 10.5. The number of hydrogen-bond donors (Lipinski definition) is 0. The molecule has 0 fully saturated rings. The van der Waals surface area contributed by atoms with E-state index in [0.29, 0.717) is 39.6 Å². The van der Waals surface area contributed by atoms with Crippen LogP contribution in [-0.2, 0) is 32.0 Å². The Hall–Kier alpha value is -1.89. The molecule has 0 aromatic heterocycles. The summed E-state index contributed by atoms with van der Waals surface area (Å²) >= 11 is 0. The van der Waals surface area contributed by atoms with Gasteiger partial charge in [-0.3, -0.25) is 13.9 Å². The SMILES string of the molecule is CN(C)P1(=O)N(C)c2cccc(c2)COCCOCCOCc2cccc(c2)N1C. The molecule has 1 aliphatic heterocycles. The molecule has 0 N–H and O–H groups in total. The van der Waals surface area contributed by atoms with Crippen LogP contribution in [0.4, 0.5) is 11.4 Å². The van der Waals surface area contributed by atoms with Crippen molar-refractivity contribution < 1.29 is 18.8 Å². The summed E-state index contributed by atoms with van der Waals surface area (Å²) in [6.07, 6.45) is 0. The van der Waals surface area contributed by atoms with Crippen LogP contribution in [-0.4, -0.2) is 59.3 Å². The molecule has 0 radical (unpaired) electrons.